The van der Waals surface area contributed by atoms with Gasteiger partial charge in [0.25, 0.3) is 0 Å². The number of aromatic nitrogens is 4. The van der Waals surface area contributed by atoms with Crippen molar-refractivity contribution in [1.29, 1.82) is 0 Å². The quantitative estimate of drug-likeness (QED) is 0.505. The molecule has 1 aromatic carbocycles. The molecule has 2 aromatic heterocycles. The first-order chi connectivity index (χ1) is 7.42. The largest absolute Gasteiger partial charge is 0.363 e. The standard InChI is InChI=1S/C11H10N4.W/c1-2-4-10-9(3-1)13-11(14-10)7-15-6-5-12-8-15;/h1-6,12H,7H2,(H,13,14);. The Labute approximate surface area is 107 Å². The van der Waals surface area contributed by atoms with Crippen LogP contribution in [0.25, 0.3) is 11.0 Å². The van der Waals surface area contributed by atoms with Gasteiger partial charge in [-0.1, -0.05) is 12.1 Å². The average molecular weight is 382 g/mol. The molecule has 0 atom stereocenters. The summed E-state index contributed by atoms with van der Waals surface area (Å²) in [6.45, 7) is 0.707. The Hall–Kier alpha value is -1.41. The molecule has 0 unspecified atom stereocenters. The summed E-state index contributed by atoms with van der Waals surface area (Å²) in [6.07, 6.45) is 6.72. The van der Waals surface area contributed by atoms with Crippen molar-refractivity contribution in [2.45, 2.75) is 6.54 Å². The van der Waals surface area contributed by atoms with Crippen molar-refractivity contribution >= 4 is 11.0 Å². The van der Waals surface area contributed by atoms with E-state index in [1.165, 1.54) is 0 Å². The second-order valence-electron chi connectivity index (χ2n) is 3.40. The van der Waals surface area contributed by atoms with Crippen molar-refractivity contribution in [2.24, 2.45) is 0 Å². The molecular formula is C11H10N4W. The first-order valence-corrected chi connectivity index (χ1v) is 4.80. The molecule has 4 nitrogen and oxygen atoms in total. The van der Waals surface area contributed by atoms with E-state index in [4.69, 9.17) is 0 Å². The fourth-order valence-electron chi connectivity index (χ4n) is 1.62. The van der Waals surface area contributed by atoms with Crippen LogP contribution in [-0.2, 0) is 27.6 Å². The van der Waals surface area contributed by atoms with E-state index in [1.807, 2.05) is 41.2 Å². The molecular weight excluding hydrogens is 372 g/mol. The van der Waals surface area contributed by atoms with Gasteiger partial charge in [0, 0.05) is 21.1 Å². The van der Waals surface area contributed by atoms with Crippen LogP contribution in [0.15, 0.2) is 36.7 Å². The number of para-hydroxylation sites is 2. The van der Waals surface area contributed by atoms with Crippen molar-refractivity contribution < 1.29 is 25.6 Å². The molecule has 3 rings (SSSR count). The number of hydrogen-bond donors (Lipinski definition) is 2. The fourth-order valence-corrected chi connectivity index (χ4v) is 1.62. The zero-order valence-electron chi connectivity index (χ0n) is 8.47. The van der Waals surface area contributed by atoms with Gasteiger partial charge in [-0.3, -0.25) is 0 Å². The molecule has 0 aliphatic rings. The third-order valence-corrected chi connectivity index (χ3v) is 2.30. The molecule has 0 saturated carbocycles. The number of aromatic amines is 2. The van der Waals surface area contributed by atoms with Gasteiger partial charge >= 0.3 is 0 Å². The summed E-state index contributed by atoms with van der Waals surface area (Å²) in [4.78, 5) is 10.6. The molecule has 0 saturated heterocycles. The Balaban J connectivity index is 0.000000963. The third kappa shape index (κ3) is 2.07. The van der Waals surface area contributed by atoms with Crippen LogP contribution in [0.3, 0.4) is 0 Å². The predicted octanol–water partition coefficient (Wildman–Crippen LogP) is 1.02. The number of fused-ring (bicyclic) bond motifs is 1. The van der Waals surface area contributed by atoms with E-state index >= 15 is 0 Å². The molecule has 5 heteroatoms. The molecule has 0 amide bonds. The summed E-state index contributed by atoms with van der Waals surface area (Å²) in [7, 11) is 0. The first-order valence-electron chi connectivity index (χ1n) is 4.80. The monoisotopic (exact) mass is 382 g/mol. The average Bonchev–Trinajstić information content (AvgIpc) is 2.86. The molecule has 0 fully saturated rings. The van der Waals surface area contributed by atoms with Gasteiger partial charge in [0.15, 0.2) is 0 Å². The second-order valence-corrected chi connectivity index (χ2v) is 3.40. The topological polar surface area (TPSA) is 48.4 Å². The summed E-state index contributed by atoms with van der Waals surface area (Å²) in [5.41, 5.74) is 2.08. The molecule has 0 radical (unpaired) electrons. The minimum atomic E-state index is 0. The van der Waals surface area contributed by atoms with Gasteiger partial charge in [-0.2, -0.15) is 0 Å². The zero-order valence-corrected chi connectivity index (χ0v) is 11.4. The normalized spacial score (nSPS) is 10.2. The van der Waals surface area contributed by atoms with E-state index < -0.39 is 0 Å². The van der Waals surface area contributed by atoms with E-state index in [0.717, 1.165) is 16.9 Å². The third-order valence-electron chi connectivity index (χ3n) is 2.30. The summed E-state index contributed by atoms with van der Waals surface area (Å²) in [5.74, 6) is 0.942. The number of hydrogen-bond acceptors (Lipinski definition) is 1. The molecule has 0 bridgehead atoms. The number of rotatable bonds is 2. The Morgan fingerprint density at radius 3 is 2.94 bits per heavy atom. The minimum Gasteiger partial charge on any atom is -0.363 e. The number of benzene rings is 1. The number of nitrogens with zero attached hydrogens (tertiary/aromatic N) is 2. The molecule has 2 heterocycles. The van der Waals surface area contributed by atoms with Crippen LogP contribution in [0.2, 0.25) is 0 Å². The molecule has 0 spiro atoms. The van der Waals surface area contributed by atoms with Gasteiger partial charge in [0.2, 0.25) is 6.33 Å². The van der Waals surface area contributed by atoms with Gasteiger partial charge < -0.3 is 14.5 Å². The van der Waals surface area contributed by atoms with Crippen LogP contribution in [-0.4, -0.2) is 15.0 Å². The first kappa shape index (κ1) is 11.1. The molecule has 3 aromatic rings. The van der Waals surface area contributed by atoms with Crippen LogP contribution in [0.4, 0.5) is 0 Å². The summed E-state index contributed by atoms with van der Waals surface area (Å²) in [6, 6.07) is 8.01. The van der Waals surface area contributed by atoms with E-state index in [9.17, 15) is 0 Å². The van der Waals surface area contributed by atoms with Gasteiger partial charge in [0.1, 0.15) is 12.4 Å². The van der Waals surface area contributed by atoms with E-state index in [-0.39, 0.29) is 21.1 Å². The Morgan fingerprint density at radius 2 is 2.19 bits per heavy atom. The Kier molecular flexibility index (Phi) is 3.20. The van der Waals surface area contributed by atoms with Gasteiger partial charge in [-0.25, -0.2) is 4.98 Å². The van der Waals surface area contributed by atoms with Crippen LogP contribution in [0.1, 0.15) is 5.82 Å². The second kappa shape index (κ2) is 4.62. The maximum absolute atomic E-state index is 4.48. The van der Waals surface area contributed by atoms with Crippen molar-refractivity contribution in [3.63, 3.8) is 0 Å². The number of imidazole rings is 2. The van der Waals surface area contributed by atoms with Crippen molar-refractivity contribution in [3.05, 3.63) is 48.8 Å². The molecule has 0 aliphatic heterocycles. The molecule has 16 heavy (non-hydrogen) atoms. The van der Waals surface area contributed by atoms with E-state index in [1.54, 1.807) is 0 Å². The van der Waals surface area contributed by atoms with Crippen LogP contribution < -0.4 is 4.57 Å². The van der Waals surface area contributed by atoms with E-state index in [0.29, 0.717) is 6.54 Å². The maximum Gasteiger partial charge on any atom is 0.202 e. The van der Waals surface area contributed by atoms with Crippen molar-refractivity contribution in [1.82, 2.24) is 15.0 Å². The summed E-state index contributed by atoms with van der Waals surface area (Å²) in [5, 5.41) is 0. The summed E-state index contributed by atoms with van der Waals surface area (Å²) < 4.78 is 1.91. The molecule has 80 valence electrons. The van der Waals surface area contributed by atoms with E-state index in [2.05, 4.69) is 21.3 Å². The van der Waals surface area contributed by atoms with Crippen LogP contribution in [0, 0.1) is 6.33 Å². The smallest absolute Gasteiger partial charge is 0.202 e. The Morgan fingerprint density at radius 1 is 1.31 bits per heavy atom. The van der Waals surface area contributed by atoms with Crippen LogP contribution in [0.5, 0.6) is 0 Å². The van der Waals surface area contributed by atoms with Crippen molar-refractivity contribution in [2.75, 3.05) is 0 Å². The number of H-pyrrole nitrogens is 2. The summed E-state index contributed by atoms with van der Waals surface area (Å²) >= 11 is 0. The molecule has 2 N–H and O–H groups in total. The van der Waals surface area contributed by atoms with Crippen molar-refractivity contribution in [3.8, 4) is 0 Å². The fraction of sp³-hybridized carbons (Fsp3) is 0.0909. The van der Waals surface area contributed by atoms with Crippen LogP contribution >= 0.6 is 0 Å². The Bertz CT molecular complexity index is 537. The SMILES string of the molecule is [W].[c-]1[nH]cc[n+]1Cc1nc2ccccc2[nH]1. The van der Waals surface area contributed by atoms with Gasteiger partial charge in [0.05, 0.1) is 11.0 Å². The minimum absolute atomic E-state index is 0. The maximum atomic E-state index is 4.48. The number of nitrogens with one attached hydrogen (secondary N) is 2. The van der Waals surface area contributed by atoms with Gasteiger partial charge in [-0.05, 0) is 24.5 Å². The predicted molar refractivity (Wildman–Crippen MR) is 55.0 cm³/mol. The van der Waals surface area contributed by atoms with Gasteiger partial charge in [-0.15, -0.1) is 0 Å². The molecule has 0 aliphatic carbocycles. The zero-order chi connectivity index (χ0) is 10.1.